The Hall–Kier alpha value is -0.940. The molecule has 0 atom stereocenters. The summed E-state index contributed by atoms with van der Waals surface area (Å²) >= 11 is 0. The van der Waals surface area contributed by atoms with E-state index in [1.807, 2.05) is 4.57 Å². The van der Waals surface area contributed by atoms with Crippen LogP contribution in [0.3, 0.4) is 0 Å². The first-order valence-corrected chi connectivity index (χ1v) is 5.71. The second-order valence-corrected chi connectivity index (χ2v) is 4.42. The van der Waals surface area contributed by atoms with E-state index in [0.29, 0.717) is 0 Å². The fraction of sp³-hybridized carbons (Fsp3) is 0.818. The van der Waals surface area contributed by atoms with Crippen molar-refractivity contribution in [2.24, 2.45) is 0 Å². The van der Waals surface area contributed by atoms with Gasteiger partial charge in [-0.1, -0.05) is 0 Å². The van der Waals surface area contributed by atoms with E-state index in [4.69, 9.17) is 4.74 Å². The van der Waals surface area contributed by atoms with Gasteiger partial charge in [0.05, 0.1) is 12.1 Å². The quantitative estimate of drug-likeness (QED) is 0.710. The summed E-state index contributed by atoms with van der Waals surface area (Å²) < 4.78 is 7.38. The maximum Gasteiger partial charge on any atom is 0.146 e. The van der Waals surface area contributed by atoms with Gasteiger partial charge in [0, 0.05) is 13.7 Å². The monoisotopic (exact) mass is 226 g/mol. The lowest BCUT2D eigenvalue weighted by atomic mass is 10.1. The van der Waals surface area contributed by atoms with Gasteiger partial charge in [-0.2, -0.15) is 0 Å². The summed E-state index contributed by atoms with van der Waals surface area (Å²) in [5, 5.41) is 11.3. The molecule has 0 radical (unpaired) electrons. The number of aromatic nitrogens is 3. The second-order valence-electron chi connectivity index (χ2n) is 4.42. The van der Waals surface area contributed by atoms with E-state index in [9.17, 15) is 0 Å². The Morgan fingerprint density at radius 3 is 2.88 bits per heavy atom. The molecule has 1 aromatic heterocycles. The van der Waals surface area contributed by atoms with Gasteiger partial charge >= 0.3 is 0 Å². The normalized spacial score (nSPS) is 12.0. The molecule has 0 aliphatic rings. The first kappa shape index (κ1) is 13.1. The number of nitrogens with zero attached hydrogens (tertiary/aromatic N) is 3. The van der Waals surface area contributed by atoms with Crippen LogP contribution < -0.4 is 5.32 Å². The summed E-state index contributed by atoms with van der Waals surface area (Å²) in [4.78, 5) is 0. The van der Waals surface area contributed by atoms with Crippen LogP contribution in [-0.2, 0) is 17.8 Å². The molecule has 0 unspecified atom stereocenters. The second kappa shape index (κ2) is 5.96. The lowest BCUT2D eigenvalue weighted by Gasteiger charge is -2.22. The van der Waals surface area contributed by atoms with Gasteiger partial charge in [0.2, 0.25) is 0 Å². The highest BCUT2D eigenvalue weighted by Gasteiger charge is 2.15. The Balaban J connectivity index is 2.26. The van der Waals surface area contributed by atoms with Crippen molar-refractivity contribution >= 4 is 0 Å². The van der Waals surface area contributed by atoms with Gasteiger partial charge in [-0.05, 0) is 33.7 Å². The van der Waals surface area contributed by atoms with E-state index in [2.05, 4.69) is 36.3 Å². The minimum absolute atomic E-state index is 0.0641. The molecule has 0 saturated heterocycles. The molecular weight excluding hydrogens is 204 g/mol. The molecule has 0 aliphatic carbocycles. The van der Waals surface area contributed by atoms with Crippen LogP contribution in [-0.4, -0.2) is 34.0 Å². The van der Waals surface area contributed by atoms with Crippen molar-refractivity contribution in [3.8, 4) is 0 Å². The number of rotatable bonds is 7. The standard InChI is InChI=1S/C11H22N4O/c1-5-15-9-13-14-10(15)8-12-7-6-11(2,3)16-4/h9,12H,5-8H2,1-4H3. The topological polar surface area (TPSA) is 52.0 Å². The first-order chi connectivity index (χ1) is 7.59. The van der Waals surface area contributed by atoms with E-state index < -0.39 is 0 Å². The minimum Gasteiger partial charge on any atom is -0.379 e. The Morgan fingerprint density at radius 2 is 2.25 bits per heavy atom. The van der Waals surface area contributed by atoms with Crippen molar-refractivity contribution in [1.82, 2.24) is 20.1 Å². The van der Waals surface area contributed by atoms with Crippen molar-refractivity contribution in [3.05, 3.63) is 12.2 Å². The summed E-state index contributed by atoms with van der Waals surface area (Å²) in [5.41, 5.74) is -0.0641. The molecule has 16 heavy (non-hydrogen) atoms. The highest BCUT2D eigenvalue weighted by molar-refractivity contribution is 4.84. The molecule has 0 saturated carbocycles. The van der Waals surface area contributed by atoms with Gasteiger partial charge in [0.1, 0.15) is 12.2 Å². The number of hydrogen-bond donors (Lipinski definition) is 1. The molecule has 0 aromatic carbocycles. The van der Waals surface area contributed by atoms with E-state index in [1.54, 1.807) is 13.4 Å². The number of methoxy groups -OCH3 is 1. The fourth-order valence-electron chi connectivity index (χ4n) is 1.37. The third-order valence-corrected chi connectivity index (χ3v) is 2.78. The van der Waals surface area contributed by atoms with Crippen molar-refractivity contribution < 1.29 is 4.74 Å². The highest BCUT2D eigenvalue weighted by atomic mass is 16.5. The van der Waals surface area contributed by atoms with Crippen LogP contribution in [0.4, 0.5) is 0 Å². The predicted octanol–water partition coefficient (Wildman–Crippen LogP) is 1.20. The Kier molecular flexibility index (Phi) is 4.89. The molecule has 0 aliphatic heterocycles. The summed E-state index contributed by atoms with van der Waals surface area (Å²) in [5.74, 6) is 0.984. The van der Waals surface area contributed by atoms with Crippen LogP contribution in [0.2, 0.25) is 0 Å². The smallest absolute Gasteiger partial charge is 0.146 e. The summed E-state index contributed by atoms with van der Waals surface area (Å²) in [6, 6.07) is 0. The Labute approximate surface area is 97.2 Å². The lowest BCUT2D eigenvalue weighted by Crippen LogP contribution is -2.29. The molecule has 0 bridgehead atoms. The van der Waals surface area contributed by atoms with Crippen LogP contribution in [0.5, 0.6) is 0 Å². The molecule has 92 valence electrons. The predicted molar refractivity (Wildman–Crippen MR) is 63.1 cm³/mol. The van der Waals surface area contributed by atoms with Crippen LogP contribution in [0.1, 0.15) is 33.0 Å². The van der Waals surface area contributed by atoms with Crippen molar-refractivity contribution in [2.45, 2.75) is 45.9 Å². The van der Waals surface area contributed by atoms with Gasteiger partial charge in [0.15, 0.2) is 0 Å². The first-order valence-electron chi connectivity index (χ1n) is 5.71. The van der Waals surface area contributed by atoms with Gasteiger partial charge in [0.25, 0.3) is 0 Å². The third-order valence-electron chi connectivity index (χ3n) is 2.78. The van der Waals surface area contributed by atoms with Crippen LogP contribution in [0.15, 0.2) is 6.33 Å². The molecule has 0 fully saturated rings. The number of nitrogens with one attached hydrogen (secondary N) is 1. The third kappa shape index (κ3) is 3.90. The van der Waals surface area contributed by atoms with E-state index in [1.165, 1.54) is 0 Å². The van der Waals surface area contributed by atoms with Crippen LogP contribution in [0, 0.1) is 0 Å². The van der Waals surface area contributed by atoms with E-state index in [0.717, 1.165) is 31.9 Å². The molecule has 1 aromatic rings. The average Bonchev–Trinajstić information content (AvgIpc) is 2.72. The molecule has 1 N–H and O–H groups in total. The average molecular weight is 226 g/mol. The SMILES string of the molecule is CCn1cnnc1CNCCC(C)(C)OC. The molecular formula is C11H22N4O. The molecule has 1 rings (SSSR count). The highest BCUT2D eigenvalue weighted by Crippen LogP contribution is 2.11. The van der Waals surface area contributed by atoms with Crippen molar-refractivity contribution in [2.75, 3.05) is 13.7 Å². The summed E-state index contributed by atoms with van der Waals surface area (Å²) in [7, 11) is 1.74. The van der Waals surface area contributed by atoms with Crippen LogP contribution >= 0.6 is 0 Å². The fourth-order valence-corrected chi connectivity index (χ4v) is 1.37. The minimum atomic E-state index is -0.0641. The zero-order valence-corrected chi connectivity index (χ0v) is 10.7. The zero-order chi connectivity index (χ0) is 12.0. The van der Waals surface area contributed by atoms with E-state index in [-0.39, 0.29) is 5.60 Å². The molecule has 5 nitrogen and oxygen atoms in total. The van der Waals surface area contributed by atoms with Crippen LogP contribution in [0.25, 0.3) is 0 Å². The largest absolute Gasteiger partial charge is 0.379 e. The number of hydrogen-bond acceptors (Lipinski definition) is 4. The van der Waals surface area contributed by atoms with Gasteiger partial charge < -0.3 is 14.6 Å². The van der Waals surface area contributed by atoms with Gasteiger partial charge in [-0.15, -0.1) is 10.2 Å². The Bertz CT molecular complexity index is 309. The Morgan fingerprint density at radius 1 is 1.50 bits per heavy atom. The molecule has 0 amide bonds. The van der Waals surface area contributed by atoms with Gasteiger partial charge in [-0.25, -0.2) is 0 Å². The summed E-state index contributed by atoms with van der Waals surface area (Å²) in [6.45, 7) is 8.84. The lowest BCUT2D eigenvalue weighted by molar-refractivity contribution is 0.0158. The summed E-state index contributed by atoms with van der Waals surface area (Å²) in [6.07, 6.45) is 2.74. The van der Waals surface area contributed by atoms with Crippen molar-refractivity contribution in [1.29, 1.82) is 0 Å². The molecule has 0 spiro atoms. The van der Waals surface area contributed by atoms with E-state index >= 15 is 0 Å². The van der Waals surface area contributed by atoms with Gasteiger partial charge in [-0.3, -0.25) is 0 Å². The number of ether oxygens (including phenoxy) is 1. The molecule has 5 heteroatoms. The maximum absolute atomic E-state index is 5.35. The number of aryl methyl sites for hydroxylation is 1. The van der Waals surface area contributed by atoms with Crippen molar-refractivity contribution in [3.63, 3.8) is 0 Å². The maximum atomic E-state index is 5.35. The zero-order valence-electron chi connectivity index (χ0n) is 10.7. The molecule has 1 heterocycles.